The molecule has 2 rings (SSSR count). The van der Waals surface area contributed by atoms with E-state index in [4.69, 9.17) is 10.5 Å². The molecule has 1 unspecified atom stereocenters. The zero-order valence-electron chi connectivity index (χ0n) is 14.5. The molecule has 0 fully saturated rings. The minimum atomic E-state index is -1.11. The van der Waals surface area contributed by atoms with Gasteiger partial charge in [-0.25, -0.2) is 9.59 Å². The fraction of sp³-hybridized carbons (Fsp3) is 0.353. The number of aryl methyl sites for hydroxylation is 1. The molecule has 0 radical (unpaired) electrons. The molecule has 0 saturated heterocycles. The maximum absolute atomic E-state index is 12.8. The van der Waals surface area contributed by atoms with Gasteiger partial charge in [-0.15, -0.1) is 11.3 Å². The summed E-state index contributed by atoms with van der Waals surface area (Å²) in [7, 11) is 0. The molecule has 2 aromatic heterocycles. The first kappa shape index (κ1) is 18.7. The van der Waals surface area contributed by atoms with Crippen molar-refractivity contribution in [3.63, 3.8) is 0 Å². The molecule has 0 aliphatic carbocycles. The number of thiophene rings is 1. The number of hydrogen-bond donors (Lipinski definition) is 2. The number of amides is 3. The first-order valence-electron chi connectivity index (χ1n) is 7.77. The number of esters is 1. The Labute approximate surface area is 149 Å². The van der Waals surface area contributed by atoms with Gasteiger partial charge < -0.3 is 15.0 Å². The van der Waals surface area contributed by atoms with Crippen molar-refractivity contribution in [2.45, 2.75) is 33.8 Å². The van der Waals surface area contributed by atoms with Gasteiger partial charge in [0.15, 0.2) is 6.10 Å². The zero-order valence-corrected chi connectivity index (χ0v) is 15.3. The summed E-state index contributed by atoms with van der Waals surface area (Å²) in [6, 6.07) is 2.73. The van der Waals surface area contributed by atoms with E-state index in [1.54, 1.807) is 13.8 Å². The van der Waals surface area contributed by atoms with Crippen LogP contribution in [-0.4, -0.2) is 28.6 Å². The summed E-state index contributed by atoms with van der Waals surface area (Å²) in [5.74, 6) is -1.66. The number of primary amides is 1. The monoisotopic (exact) mass is 363 g/mol. The number of nitrogens with two attached hydrogens (primary N) is 1. The lowest BCUT2D eigenvalue weighted by Crippen LogP contribution is -2.45. The second-order valence-electron chi connectivity index (χ2n) is 5.98. The highest BCUT2D eigenvalue weighted by Crippen LogP contribution is 2.32. The Hall–Kier alpha value is -2.61. The van der Waals surface area contributed by atoms with Gasteiger partial charge in [0.2, 0.25) is 0 Å². The van der Waals surface area contributed by atoms with Crippen molar-refractivity contribution in [2.24, 2.45) is 11.7 Å². The van der Waals surface area contributed by atoms with E-state index in [-0.39, 0.29) is 5.92 Å². The lowest BCUT2D eigenvalue weighted by atomic mass is 10.1. The van der Waals surface area contributed by atoms with Crippen LogP contribution in [0.1, 0.15) is 34.6 Å². The van der Waals surface area contributed by atoms with Gasteiger partial charge in [-0.1, -0.05) is 13.8 Å². The summed E-state index contributed by atoms with van der Waals surface area (Å²) in [6.07, 6.45) is 2.56. The summed E-state index contributed by atoms with van der Waals surface area (Å²) < 4.78 is 7.26. The van der Waals surface area contributed by atoms with Crippen molar-refractivity contribution < 1.29 is 19.1 Å². The number of ether oxygens (including phenoxy) is 1. The van der Waals surface area contributed by atoms with Gasteiger partial charge in [0.1, 0.15) is 5.00 Å². The molecule has 3 amide bonds. The highest BCUT2D eigenvalue weighted by molar-refractivity contribution is 7.15. The Bertz CT molecular complexity index is 793. The number of nitrogens with zero attached hydrogens (tertiary/aromatic N) is 1. The molecule has 1 atom stereocenters. The van der Waals surface area contributed by atoms with Gasteiger partial charge in [-0.2, -0.15) is 0 Å². The summed E-state index contributed by atoms with van der Waals surface area (Å²) >= 11 is 1.47. The normalized spacial score (nSPS) is 12.0. The van der Waals surface area contributed by atoms with Crippen LogP contribution in [-0.2, 0) is 9.53 Å². The van der Waals surface area contributed by atoms with E-state index in [0.29, 0.717) is 5.56 Å². The molecule has 2 heterocycles. The van der Waals surface area contributed by atoms with E-state index in [2.05, 4.69) is 0 Å². The van der Waals surface area contributed by atoms with Crippen LogP contribution in [0.15, 0.2) is 24.5 Å². The predicted molar refractivity (Wildman–Crippen MR) is 94.9 cm³/mol. The summed E-state index contributed by atoms with van der Waals surface area (Å²) in [4.78, 5) is 36.7. The van der Waals surface area contributed by atoms with Crippen LogP contribution in [0.25, 0.3) is 5.00 Å². The predicted octanol–water partition coefficient (Wildman–Crippen LogP) is 2.53. The molecule has 7 nitrogen and oxygen atoms in total. The number of urea groups is 1. The topological polar surface area (TPSA) is 103 Å². The average Bonchev–Trinajstić information content (AvgIpc) is 3.12. The molecule has 25 heavy (non-hydrogen) atoms. The highest BCUT2D eigenvalue weighted by Gasteiger charge is 2.30. The standard InChI is InChI=1S/C17H21N3O4S/c1-9(2)13(14(21)19-17(18)23)24-16(22)12-10(3)11(4)25-15(12)20-7-5-6-8-20/h5-9,13H,1-4H3,(H3,18,19,21,23). The van der Waals surface area contributed by atoms with Crippen molar-refractivity contribution in [3.05, 3.63) is 40.5 Å². The van der Waals surface area contributed by atoms with Crippen molar-refractivity contribution in [1.29, 1.82) is 0 Å². The first-order valence-corrected chi connectivity index (χ1v) is 8.58. The van der Waals surface area contributed by atoms with Gasteiger partial charge in [0, 0.05) is 17.3 Å². The number of nitrogens with one attached hydrogen (secondary N) is 1. The third-order valence-corrected chi connectivity index (χ3v) is 4.97. The number of carbonyl (C=O) groups is 3. The van der Waals surface area contributed by atoms with Crippen LogP contribution in [0, 0.1) is 19.8 Å². The number of rotatable bonds is 5. The minimum absolute atomic E-state index is 0.321. The van der Waals surface area contributed by atoms with E-state index in [9.17, 15) is 14.4 Å². The molecule has 3 N–H and O–H groups in total. The third kappa shape index (κ3) is 4.08. The summed E-state index contributed by atoms with van der Waals surface area (Å²) in [5.41, 5.74) is 6.19. The Kier molecular flexibility index (Phi) is 5.63. The lowest BCUT2D eigenvalue weighted by Gasteiger charge is -2.20. The van der Waals surface area contributed by atoms with E-state index in [1.165, 1.54) is 11.3 Å². The van der Waals surface area contributed by atoms with E-state index < -0.39 is 24.0 Å². The molecule has 0 aromatic carbocycles. The van der Waals surface area contributed by atoms with E-state index in [1.807, 2.05) is 48.3 Å². The molecule has 0 aliphatic heterocycles. The largest absolute Gasteiger partial charge is 0.448 e. The molecule has 8 heteroatoms. The van der Waals surface area contributed by atoms with E-state index >= 15 is 0 Å². The van der Waals surface area contributed by atoms with Crippen molar-refractivity contribution >= 4 is 29.2 Å². The lowest BCUT2D eigenvalue weighted by molar-refractivity contribution is -0.130. The maximum Gasteiger partial charge on any atom is 0.342 e. The maximum atomic E-state index is 12.8. The van der Waals surface area contributed by atoms with E-state index in [0.717, 1.165) is 15.4 Å². The Morgan fingerprint density at radius 2 is 1.80 bits per heavy atom. The first-order chi connectivity index (χ1) is 11.7. The van der Waals surface area contributed by atoms with Crippen LogP contribution in [0.3, 0.4) is 0 Å². The van der Waals surface area contributed by atoms with Gasteiger partial charge in [-0.05, 0) is 37.5 Å². The van der Waals surface area contributed by atoms with Crippen LogP contribution in [0.5, 0.6) is 0 Å². The van der Waals surface area contributed by atoms with Crippen LogP contribution < -0.4 is 11.1 Å². The molecule has 0 spiro atoms. The van der Waals surface area contributed by atoms with Crippen molar-refractivity contribution in [3.8, 4) is 5.00 Å². The second kappa shape index (κ2) is 7.52. The van der Waals surface area contributed by atoms with Gasteiger partial charge in [-0.3, -0.25) is 10.1 Å². The molecule has 0 aliphatic rings. The zero-order chi connectivity index (χ0) is 18.7. The third-order valence-electron chi connectivity index (χ3n) is 3.75. The Morgan fingerprint density at radius 1 is 1.20 bits per heavy atom. The molecule has 134 valence electrons. The van der Waals surface area contributed by atoms with Crippen LogP contribution >= 0.6 is 11.3 Å². The molecular formula is C17H21N3O4S. The molecular weight excluding hydrogens is 342 g/mol. The average molecular weight is 363 g/mol. The smallest absolute Gasteiger partial charge is 0.342 e. The minimum Gasteiger partial charge on any atom is -0.448 e. The summed E-state index contributed by atoms with van der Waals surface area (Å²) in [6.45, 7) is 7.20. The Balaban J connectivity index is 2.34. The van der Waals surface area contributed by atoms with Crippen molar-refractivity contribution in [1.82, 2.24) is 9.88 Å². The van der Waals surface area contributed by atoms with Crippen molar-refractivity contribution in [2.75, 3.05) is 0 Å². The molecule has 0 bridgehead atoms. The summed E-state index contributed by atoms with van der Waals surface area (Å²) in [5, 5.41) is 2.69. The van der Waals surface area contributed by atoms with Gasteiger partial charge >= 0.3 is 12.0 Å². The number of carbonyl (C=O) groups excluding carboxylic acids is 3. The van der Waals surface area contributed by atoms with Gasteiger partial charge in [0.05, 0.1) is 5.56 Å². The Morgan fingerprint density at radius 3 is 2.32 bits per heavy atom. The number of aromatic nitrogens is 1. The van der Waals surface area contributed by atoms with Gasteiger partial charge in [0.25, 0.3) is 5.91 Å². The number of imide groups is 1. The quantitative estimate of drug-likeness (QED) is 0.797. The SMILES string of the molecule is Cc1sc(-n2cccc2)c(C(=O)OC(C(=O)NC(N)=O)C(C)C)c1C. The fourth-order valence-corrected chi connectivity index (χ4v) is 3.47. The van der Waals surface area contributed by atoms with Crippen LogP contribution in [0.2, 0.25) is 0 Å². The number of hydrogen-bond acceptors (Lipinski definition) is 5. The molecule has 2 aromatic rings. The molecule has 0 saturated carbocycles. The fourth-order valence-electron chi connectivity index (χ4n) is 2.36. The highest BCUT2D eigenvalue weighted by atomic mass is 32.1. The second-order valence-corrected chi connectivity index (χ2v) is 7.18. The van der Waals surface area contributed by atoms with Crippen LogP contribution in [0.4, 0.5) is 4.79 Å².